The van der Waals surface area contributed by atoms with Gasteiger partial charge in [-0.3, -0.25) is 4.79 Å². The topological polar surface area (TPSA) is 123 Å². The van der Waals surface area contributed by atoms with E-state index in [0.717, 1.165) is 24.8 Å². The molecule has 4 rings (SSSR count). The number of nitrogens with zero attached hydrogens (tertiary/aromatic N) is 2. The number of aryl methyl sites for hydroxylation is 1. The van der Waals surface area contributed by atoms with Crippen molar-refractivity contribution in [1.29, 1.82) is 0 Å². The Hall–Kier alpha value is -3.45. The van der Waals surface area contributed by atoms with E-state index in [4.69, 9.17) is 4.52 Å². The molecule has 1 aromatic heterocycles. The zero-order chi connectivity index (χ0) is 26.6. The maximum Gasteiger partial charge on any atom is 0.534 e. The van der Waals surface area contributed by atoms with Crippen molar-refractivity contribution in [3.63, 3.8) is 0 Å². The van der Waals surface area contributed by atoms with Crippen molar-refractivity contribution >= 4 is 16.0 Å². The van der Waals surface area contributed by atoms with Gasteiger partial charge in [-0.25, -0.2) is 0 Å². The highest BCUT2D eigenvalue weighted by atomic mass is 32.2. The lowest BCUT2D eigenvalue weighted by Gasteiger charge is -2.27. The van der Waals surface area contributed by atoms with E-state index >= 15 is 0 Å². The fraction of sp³-hybridized carbons (Fsp3) is 0.375. The van der Waals surface area contributed by atoms with Gasteiger partial charge in [-0.15, -0.1) is 0 Å². The summed E-state index contributed by atoms with van der Waals surface area (Å²) in [6, 6.07) is 11.1. The largest absolute Gasteiger partial charge is 0.534 e. The number of amides is 1. The van der Waals surface area contributed by atoms with Crippen molar-refractivity contribution < 1.29 is 35.1 Å². The Kier molecular flexibility index (Phi) is 7.83. The minimum absolute atomic E-state index is 0.0998. The van der Waals surface area contributed by atoms with Crippen molar-refractivity contribution in [3.8, 4) is 17.1 Å². The maximum atomic E-state index is 12.6. The molecule has 1 atom stereocenters. The molecule has 0 saturated heterocycles. The molecule has 1 aliphatic rings. The van der Waals surface area contributed by atoms with Crippen molar-refractivity contribution in [2.75, 3.05) is 13.1 Å². The Balaban J connectivity index is 1.27. The van der Waals surface area contributed by atoms with Gasteiger partial charge in [-0.1, -0.05) is 29.8 Å². The van der Waals surface area contributed by atoms with Gasteiger partial charge in [0, 0.05) is 37.7 Å². The zero-order valence-corrected chi connectivity index (χ0v) is 20.7. The molecular weight excluding hydrogens is 513 g/mol. The summed E-state index contributed by atoms with van der Waals surface area (Å²) in [5.41, 5.74) is -2.70. The third-order valence-electron chi connectivity index (χ3n) is 5.93. The van der Waals surface area contributed by atoms with E-state index in [1.54, 1.807) is 37.3 Å². The van der Waals surface area contributed by atoms with Crippen LogP contribution in [0, 0.1) is 6.92 Å². The van der Waals surface area contributed by atoms with Gasteiger partial charge in [-0.2, -0.15) is 26.6 Å². The Labute approximate surface area is 211 Å². The number of rotatable bonds is 9. The summed E-state index contributed by atoms with van der Waals surface area (Å²) in [7, 11) is -5.72. The number of hydrogen-bond acceptors (Lipinski definition) is 8. The molecule has 37 heavy (non-hydrogen) atoms. The van der Waals surface area contributed by atoms with Gasteiger partial charge in [0.1, 0.15) is 5.75 Å². The van der Waals surface area contributed by atoms with Crippen LogP contribution in [0.15, 0.2) is 47.0 Å². The van der Waals surface area contributed by atoms with Crippen LogP contribution in [0.25, 0.3) is 11.4 Å². The predicted octanol–water partition coefficient (Wildman–Crippen LogP) is 4.06. The number of nitrogens with one attached hydrogen (secondary N) is 2. The molecule has 0 radical (unpaired) electrons. The van der Waals surface area contributed by atoms with Crippen LogP contribution in [0.5, 0.6) is 5.75 Å². The van der Waals surface area contributed by atoms with Crippen LogP contribution < -0.4 is 14.8 Å². The van der Waals surface area contributed by atoms with Crippen LogP contribution in [-0.2, 0) is 16.7 Å². The van der Waals surface area contributed by atoms with E-state index in [1.165, 1.54) is 12.1 Å². The summed E-state index contributed by atoms with van der Waals surface area (Å²) in [5, 5.41) is 9.96. The van der Waals surface area contributed by atoms with Gasteiger partial charge in [0.25, 0.3) is 5.91 Å². The average Bonchev–Trinajstić information content (AvgIpc) is 3.29. The highest BCUT2D eigenvalue weighted by Crippen LogP contribution is 2.33. The maximum absolute atomic E-state index is 12.6. The van der Waals surface area contributed by atoms with Gasteiger partial charge in [0.2, 0.25) is 11.7 Å². The molecule has 1 amide bonds. The number of halogens is 3. The lowest BCUT2D eigenvalue weighted by molar-refractivity contribution is -0.0500. The molecule has 1 unspecified atom stereocenters. The standard InChI is InChI=1S/C24H25F3N4O5S/c1-15-30-22(31-35-15)16-6-4-7-17(11-16)23(32)29-10-3-2-5-18-13-28-14-19-12-20(8-9-21(18)19)36-37(33,34)24(25,26)27/h4,6-9,11-12,18,28H,2-3,5,10,13-14H2,1H3,(H,29,32). The van der Waals surface area contributed by atoms with Crippen molar-refractivity contribution in [3.05, 3.63) is 65.0 Å². The van der Waals surface area contributed by atoms with Gasteiger partial charge in [0.15, 0.2) is 0 Å². The van der Waals surface area contributed by atoms with Gasteiger partial charge in [0.05, 0.1) is 0 Å². The summed E-state index contributed by atoms with van der Waals surface area (Å²) >= 11 is 0. The monoisotopic (exact) mass is 538 g/mol. The van der Waals surface area contributed by atoms with E-state index in [-0.39, 0.29) is 17.6 Å². The molecule has 0 spiro atoms. The first kappa shape index (κ1) is 26.6. The minimum atomic E-state index is -5.72. The Bertz CT molecular complexity index is 1370. The predicted molar refractivity (Wildman–Crippen MR) is 127 cm³/mol. The molecule has 0 saturated carbocycles. The summed E-state index contributed by atoms with van der Waals surface area (Å²) in [5.74, 6) is 0.355. The molecule has 9 nitrogen and oxygen atoms in total. The number of carbonyl (C=O) groups excluding carboxylic acids is 1. The van der Waals surface area contributed by atoms with E-state index in [2.05, 4.69) is 25.0 Å². The lowest BCUT2D eigenvalue weighted by Crippen LogP contribution is -2.30. The molecule has 198 valence electrons. The van der Waals surface area contributed by atoms with Crippen molar-refractivity contribution in [2.24, 2.45) is 0 Å². The molecule has 2 aromatic carbocycles. The van der Waals surface area contributed by atoms with Crippen LogP contribution in [-0.4, -0.2) is 43.1 Å². The smallest absolute Gasteiger partial charge is 0.376 e. The Morgan fingerprint density at radius 2 is 2.03 bits per heavy atom. The van der Waals surface area contributed by atoms with Gasteiger partial charge < -0.3 is 19.3 Å². The van der Waals surface area contributed by atoms with Crippen LogP contribution >= 0.6 is 0 Å². The molecule has 0 bridgehead atoms. The highest BCUT2D eigenvalue weighted by Gasteiger charge is 2.48. The molecule has 2 N–H and O–H groups in total. The minimum Gasteiger partial charge on any atom is -0.376 e. The second kappa shape index (κ2) is 10.9. The quantitative estimate of drug-likeness (QED) is 0.238. The van der Waals surface area contributed by atoms with Crippen LogP contribution in [0.1, 0.15) is 52.6 Å². The fourth-order valence-electron chi connectivity index (χ4n) is 4.14. The number of fused-ring (bicyclic) bond motifs is 1. The molecule has 13 heteroatoms. The molecule has 0 aliphatic carbocycles. The molecule has 2 heterocycles. The van der Waals surface area contributed by atoms with Crippen LogP contribution in [0.4, 0.5) is 13.2 Å². The summed E-state index contributed by atoms with van der Waals surface area (Å²) in [6.07, 6.45) is 2.31. The average molecular weight is 539 g/mol. The van der Waals surface area contributed by atoms with Crippen LogP contribution in [0.2, 0.25) is 0 Å². The summed E-state index contributed by atoms with van der Waals surface area (Å²) < 4.78 is 69.6. The SMILES string of the molecule is Cc1nc(-c2cccc(C(=O)NCCCCC3CNCc4cc(OS(=O)(=O)C(F)(F)F)ccc43)c2)no1. The second-order valence-corrected chi connectivity index (χ2v) is 10.2. The summed E-state index contributed by atoms with van der Waals surface area (Å²) in [6.45, 7) is 3.24. The van der Waals surface area contributed by atoms with Crippen molar-refractivity contribution in [1.82, 2.24) is 20.8 Å². The first-order valence-electron chi connectivity index (χ1n) is 11.6. The fourth-order valence-corrected chi connectivity index (χ4v) is 4.60. The van der Waals surface area contributed by atoms with E-state index in [9.17, 15) is 26.4 Å². The van der Waals surface area contributed by atoms with Crippen LogP contribution in [0.3, 0.4) is 0 Å². The number of hydrogen-bond donors (Lipinski definition) is 2. The first-order chi connectivity index (χ1) is 17.5. The van der Waals surface area contributed by atoms with Crippen molar-refractivity contribution in [2.45, 2.75) is 44.2 Å². The van der Waals surface area contributed by atoms with E-state index in [1.807, 2.05) is 0 Å². The normalized spacial score (nSPS) is 15.7. The number of aromatic nitrogens is 2. The van der Waals surface area contributed by atoms with Gasteiger partial charge in [-0.05, 0) is 54.2 Å². The number of unbranched alkanes of at least 4 members (excludes halogenated alkanes) is 1. The van der Waals surface area contributed by atoms with E-state index < -0.39 is 15.6 Å². The Morgan fingerprint density at radius 1 is 1.22 bits per heavy atom. The molecule has 3 aromatic rings. The number of carbonyl (C=O) groups is 1. The molecule has 1 aliphatic heterocycles. The summed E-state index contributed by atoms with van der Waals surface area (Å²) in [4.78, 5) is 16.7. The third-order valence-corrected chi connectivity index (χ3v) is 6.90. The highest BCUT2D eigenvalue weighted by molar-refractivity contribution is 7.88. The first-order valence-corrected chi connectivity index (χ1v) is 13.0. The number of alkyl halides is 3. The zero-order valence-electron chi connectivity index (χ0n) is 19.8. The third kappa shape index (κ3) is 6.46. The molecular formula is C24H25F3N4O5S. The van der Waals surface area contributed by atoms with E-state index in [0.29, 0.717) is 48.0 Å². The number of benzene rings is 2. The lowest BCUT2D eigenvalue weighted by atomic mass is 9.87. The Morgan fingerprint density at radius 3 is 2.76 bits per heavy atom. The van der Waals surface area contributed by atoms with Gasteiger partial charge >= 0.3 is 15.6 Å². The second-order valence-electron chi connectivity index (χ2n) is 8.64. The molecule has 0 fully saturated rings.